The molecule has 0 unspecified atom stereocenters. The summed E-state index contributed by atoms with van der Waals surface area (Å²) in [4.78, 5) is 12.2. The molecule has 0 aliphatic rings. The number of rotatable bonds is 10. The molecule has 0 aliphatic heterocycles. The lowest BCUT2D eigenvalue weighted by Crippen LogP contribution is -2.31. The topological polar surface area (TPSA) is 93.7 Å². The molecule has 0 spiro atoms. The van der Waals surface area contributed by atoms with Crippen LogP contribution in [0.3, 0.4) is 0 Å². The van der Waals surface area contributed by atoms with Gasteiger partial charge in [-0.3, -0.25) is 4.79 Å². The number of methoxy groups -OCH3 is 1. The van der Waals surface area contributed by atoms with Crippen LogP contribution in [0, 0.1) is 0 Å². The number of sulfonamides is 1. The number of hydrogen-bond donors (Lipinski definition) is 2. The zero-order valence-electron chi connectivity index (χ0n) is 16.6. The summed E-state index contributed by atoms with van der Waals surface area (Å²) in [6.07, 6.45) is 0.679. The van der Waals surface area contributed by atoms with Gasteiger partial charge in [0.05, 0.1) is 23.1 Å². The van der Waals surface area contributed by atoms with Crippen LogP contribution in [0.1, 0.15) is 31.9 Å². The molecular weight excluding hydrogens is 416 g/mol. The third-order valence-electron chi connectivity index (χ3n) is 4.11. The second-order valence-corrected chi connectivity index (χ2v) is 8.52. The average molecular weight is 441 g/mol. The standard InChI is InChI=1S/C20H25ClN2O5S/c1-4-11-22-29(25,26)17-9-10-19(18(21)12-17)28-13-20(24)23-14(2)15-5-7-16(27-3)8-6-15/h5-10,12,14,22H,4,11,13H2,1-3H3,(H,23,24)/t14-/m0/s1. The molecule has 9 heteroatoms. The minimum atomic E-state index is -3.62. The molecule has 0 radical (unpaired) electrons. The van der Waals surface area contributed by atoms with Gasteiger partial charge in [0.2, 0.25) is 10.0 Å². The third-order valence-corrected chi connectivity index (χ3v) is 5.86. The summed E-state index contributed by atoms with van der Waals surface area (Å²) in [5, 5.41) is 2.94. The first-order valence-electron chi connectivity index (χ1n) is 9.12. The number of carbonyl (C=O) groups excluding carboxylic acids is 1. The Morgan fingerprint density at radius 3 is 2.45 bits per heavy atom. The molecule has 2 aromatic carbocycles. The van der Waals surface area contributed by atoms with Gasteiger partial charge in [0.25, 0.3) is 5.91 Å². The van der Waals surface area contributed by atoms with Crippen molar-refractivity contribution in [3.63, 3.8) is 0 Å². The van der Waals surface area contributed by atoms with E-state index in [-0.39, 0.29) is 34.2 Å². The Bertz CT molecular complexity index is 932. The van der Waals surface area contributed by atoms with Crippen molar-refractivity contribution in [1.82, 2.24) is 10.0 Å². The maximum atomic E-state index is 12.2. The van der Waals surface area contributed by atoms with Gasteiger partial charge >= 0.3 is 0 Å². The van der Waals surface area contributed by atoms with Gasteiger partial charge in [0.1, 0.15) is 11.5 Å². The Labute approximate surface area is 176 Å². The van der Waals surface area contributed by atoms with Crippen LogP contribution in [-0.4, -0.2) is 34.6 Å². The molecule has 0 saturated heterocycles. The number of halogens is 1. The Hall–Kier alpha value is -2.29. The normalized spacial score (nSPS) is 12.3. The van der Waals surface area contributed by atoms with Crippen molar-refractivity contribution in [3.8, 4) is 11.5 Å². The molecule has 2 rings (SSSR count). The van der Waals surface area contributed by atoms with Gasteiger partial charge in [0.15, 0.2) is 6.61 Å². The minimum absolute atomic E-state index is 0.0425. The number of hydrogen-bond acceptors (Lipinski definition) is 5. The van der Waals surface area contributed by atoms with E-state index < -0.39 is 10.0 Å². The van der Waals surface area contributed by atoms with Crippen LogP contribution in [0.2, 0.25) is 5.02 Å². The molecule has 0 saturated carbocycles. The van der Waals surface area contributed by atoms with Crippen molar-refractivity contribution in [2.24, 2.45) is 0 Å². The summed E-state index contributed by atoms with van der Waals surface area (Å²) < 4.78 is 37.3. The Balaban J connectivity index is 1.94. The lowest BCUT2D eigenvalue weighted by atomic mass is 10.1. The highest BCUT2D eigenvalue weighted by molar-refractivity contribution is 7.89. The van der Waals surface area contributed by atoms with Crippen molar-refractivity contribution >= 4 is 27.5 Å². The minimum Gasteiger partial charge on any atom is -0.497 e. The van der Waals surface area contributed by atoms with Gasteiger partial charge in [-0.1, -0.05) is 30.7 Å². The van der Waals surface area contributed by atoms with Gasteiger partial charge in [0, 0.05) is 6.54 Å². The van der Waals surface area contributed by atoms with Gasteiger partial charge < -0.3 is 14.8 Å². The number of benzene rings is 2. The molecule has 7 nitrogen and oxygen atoms in total. The summed E-state index contributed by atoms with van der Waals surface area (Å²) in [6.45, 7) is 3.81. The number of carbonyl (C=O) groups is 1. The summed E-state index contributed by atoms with van der Waals surface area (Å²) in [5.74, 6) is 0.639. The summed E-state index contributed by atoms with van der Waals surface area (Å²) in [6, 6.07) is 11.3. The van der Waals surface area contributed by atoms with Crippen molar-refractivity contribution in [3.05, 3.63) is 53.1 Å². The van der Waals surface area contributed by atoms with Gasteiger partial charge in [-0.05, 0) is 49.2 Å². The largest absolute Gasteiger partial charge is 0.497 e. The lowest BCUT2D eigenvalue weighted by molar-refractivity contribution is -0.123. The molecule has 2 aromatic rings. The number of amides is 1. The van der Waals surface area contributed by atoms with E-state index >= 15 is 0 Å². The van der Waals surface area contributed by atoms with E-state index in [1.165, 1.54) is 18.2 Å². The Morgan fingerprint density at radius 2 is 1.86 bits per heavy atom. The third kappa shape index (κ3) is 6.62. The summed E-state index contributed by atoms with van der Waals surface area (Å²) in [7, 11) is -2.03. The van der Waals surface area contributed by atoms with E-state index in [2.05, 4.69) is 10.0 Å². The molecule has 0 bridgehead atoms. The molecule has 2 N–H and O–H groups in total. The second-order valence-electron chi connectivity index (χ2n) is 6.34. The highest BCUT2D eigenvalue weighted by atomic mass is 35.5. The molecule has 0 aliphatic carbocycles. The maximum absolute atomic E-state index is 12.2. The predicted molar refractivity (Wildman–Crippen MR) is 112 cm³/mol. The molecule has 158 valence electrons. The molecule has 1 amide bonds. The Morgan fingerprint density at radius 1 is 1.17 bits per heavy atom. The Kier molecular flexibility index (Phi) is 8.31. The van der Waals surface area contributed by atoms with E-state index in [0.29, 0.717) is 13.0 Å². The van der Waals surface area contributed by atoms with Crippen LogP contribution in [0.25, 0.3) is 0 Å². The quantitative estimate of drug-likeness (QED) is 0.591. The van der Waals surface area contributed by atoms with Crippen molar-refractivity contribution in [1.29, 1.82) is 0 Å². The van der Waals surface area contributed by atoms with E-state index in [4.69, 9.17) is 21.1 Å². The molecule has 0 fully saturated rings. The monoisotopic (exact) mass is 440 g/mol. The average Bonchev–Trinajstić information content (AvgIpc) is 2.71. The van der Waals surface area contributed by atoms with Crippen LogP contribution in [0.4, 0.5) is 0 Å². The molecule has 0 aromatic heterocycles. The SMILES string of the molecule is CCCNS(=O)(=O)c1ccc(OCC(=O)N[C@@H](C)c2ccc(OC)cc2)c(Cl)c1. The van der Waals surface area contributed by atoms with E-state index in [1.807, 2.05) is 38.1 Å². The van der Waals surface area contributed by atoms with Gasteiger partial charge in [-0.25, -0.2) is 13.1 Å². The fourth-order valence-electron chi connectivity index (χ4n) is 2.49. The molecule has 1 atom stereocenters. The first-order chi connectivity index (χ1) is 13.8. The van der Waals surface area contributed by atoms with Crippen LogP contribution in [0.5, 0.6) is 11.5 Å². The van der Waals surface area contributed by atoms with Crippen LogP contribution in [0.15, 0.2) is 47.4 Å². The maximum Gasteiger partial charge on any atom is 0.258 e. The van der Waals surface area contributed by atoms with Crippen LogP contribution < -0.4 is 19.5 Å². The fraction of sp³-hybridized carbons (Fsp3) is 0.350. The van der Waals surface area contributed by atoms with Crippen molar-refractivity contribution in [2.45, 2.75) is 31.2 Å². The number of ether oxygens (including phenoxy) is 2. The highest BCUT2D eigenvalue weighted by Crippen LogP contribution is 2.27. The lowest BCUT2D eigenvalue weighted by Gasteiger charge is -2.15. The highest BCUT2D eigenvalue weighted by Gasteiger charge is 2.16. The zero-order valence-corrected chi connectivity index (χ0v) is 18.1. The fourth-order valence-corrected chi connectivity index (χ4v) is 3.95. The van der Waals surface area contributed by atoms with Crippen LogP contribution >= 0.6 is 11.6 Å². The summed E-state index contributed by atoms with van der Waals surface area (Å²) in [5.41, 5.74) is 0.923. The smallest absolute Gasteiger partial charge is 0.258 e. The molecule has 0 heterocycles. The number of nitrogens with one attached hydrogen (secondary N) is 2. The van der Waals surface area contributed by atoms with E-state index in [1.54, 1.807) is 7.11 Å². The first kappa shape index (κ1) is 23.0. The first-order valence-corrected chi connectivity index (χ1v) is 11.0. The van der Waals surface area contributed by atoms with E-state index in [0.717, 1.165) is 11.3 Å². The zero-order chi connectivity index (χ0) is 21.4. The van der Waals surface area contributed by atoms with Crippen molar-refractivity contribution in [2.75, 3.05) is 20.3 Å². The van der Waals surface area contributed by atoms with Gasteiger partial charge in [-0.15, -0.1) is 0 Å². The predicted octanol–water partition coefficient (Wildman–Crippen LogP) is 3.29. The van der Waals surface area contributed by atoms with Crippen LogP contribution in [-0.2, 0) is 14.8 Å². The second kappa shape index (κ2) is 10.5. The van der Waals surface area contributed by atoms with Crippen molar-refractivity contribution < 1.29 is 22.7 Å². The molecular formula is C20H25ClN2O5S. The molecule has 29 heavy (non-hydrogen) atoms. The summed E-state index contributed by atoms with van der Waals surface area (Å²) >= 11 is 6.12. The van der Waals surface area contributed by atoms with Gasteiger partial charge in [-0.2, -0.15) is 0 Å². The van der Waals surface area contributed by atoms with E-state index in [9.17, 15) is 13.2 Å².